The smallest absolute Gasteiger partial charge is 0.0599 e. The minimum absolute atomic E-state index is 0.777. The van der Waals surface area contributed by atoms with Crippen LogP contribution in [-0.4, -0.2) is 6.54 Å². The van der Waals surface area contributed by atoms with Gasteiger partial charge < -0.3 is 0 Å². The summed E-state index contributed by atoms with van der Waals surface area (Å²) in [6, 6.07) is 20.4. The van der Waals surface area contributed by atoms with Crippen LogP contribution in [0.15, 0.2) is 72.8 Å². The predicted octanol–water partition coefficient (Wildman–Crippen LogP) is 4.10. The third kappa shape index (κ3) is 3.39. The topological polar surface area (TPSA) is 15.3 Å². The second-order valence-corrected chi connectivity index (χ2v) is 4.36. The Morgan fingerprint density at radius 3 is 2.11 bits per heavy atom. The fourth-order valence-corrected chi connectivity index (χ4v) is 1.74. The molecule has 0 fully saturated rings. The Kier molecular flexibility index (Phi) is 4.02. The van der Waals surface area contributed by atoms with Gasteiger partial charge in [-0.15, -0.1) is 0 Å². The molecule has 2 rings (SSSR count). The second kappa shape index (κ2) is 5.92. The molecule has 2 nitrogen and oxygen atoms in total. The van der Waals surface area contributed by atoms with Gasteiger partial charge in [-0.1, -0.05) is 48.6 Å². The van der Waals surface area contributed by atoms with Crippen molar-refractivity contribution < 1.29 is 0 Å². The van der Waals surface area contributed by atoms with Gasteiger partial charge in [-0.2, -0.15) is 0 Å². The summed E-state index contributed by atoms with van der Waals surface area (Å²) in [4.78, 5) is 0. The quantitative estimate of drug-likeness (QED) is 0.623. The van der Waals surface area contributed by atoms with Crippen LogP contribution in [0.2, 0.25) is 0 Å². The first-order valence-corrected chi connectivity index (χ1v) is 6.04. The highest BCUT2D eigenvalue weighted by Gasteiger charge is 2.05. The molecule has 0 amide bonds. The molecule has 0 saturated carbocycles. The van der Waals surface area contributed by atoms with E-state index in [9.17, 15) is 0 Å². The maximum absolute atomic E-state index is 3.98. The van der Waals surface area contributed by atoms with Gasteiger partial charge in [-0.3, -0.25) is 10.4 Å². The lowest BCUT2D eigenvalue weighted by atomic mass is 10.2. The first kappa shape index (κ1) is 12.2. The van der Waals surface area contributed by atoms with Crippen molar-refractivity contribution in [1.29, 1.82) is 0 Å². The van der Waals surface area contributed by atoms with E-state index in [0.717, 1.165) is 23.5 Å². The summed E-state index contributed by atoms with van der Waals surface area (Å²) in [5.41, 5.74) is 6.71. The molecule has 92 valence electrons. The van der Waals surface area contributed by atoms with Gasteiger partial charge >= 0.3 is 0 Å². The van der Waals surface area contributed by atoms with Crippen molar-refractivity contribution in [3.63, 3.8) is 0 Å². The fourth-order valence-electron chi connectivity index (χ4n) is 1.74. The third-order valence-electron chi connectivity index (χ3n) is 2.53. The van der Waals surface area contributed by atoms with Crippen molar-refractivity contribution in [3.8, 4) is 0 Å². The van der Waals surface area contributed by atoms with Gasteiger partial charge in [0.05, 0.1) is 17.9 Å². The average molecular weight is 238 g/mol. The highest BCUT2D eigenvalue weighted by atomic mass is 15.5. The normalized spacial score (nSPS) is 9.83. The van der Waals surface area contributed by atoms with Crippen molar-refractivity contribution in [2.75, 3.05) is 17.0 Å². The van der Waals surface area contributed by atoms with Gasteiger partial charge in [-0.05, 0) is 31.2 Å². The molecule has 0 aromatic heterocycles. The number of hydrogen-bond donors (Lipinski definition) is 1. The molecule has 2 aromatic carbocycles. The van der Waals surface area contributed by atoms with Crippen molar-refractivity contribution in [2.24, 2.45) is 0 Å². The molecule has 0 radical (unpaired) electrons. The molecule has 1 N–H and O–H groups in total. The predicted molar refractivity (Wildman–Crippen MR) is 78.7 cm³/mol. The lowest BCUT2D eigenvalue weighted by molar-refractivity contribution is 0.965. The van der Waals surface area contributed by atoms with E-state index in [1.807, 2.05) is 55.5 Å². The van der Waals surface area contributed by atoms with E-state index in [4.69, 9.17) is 0 Å². The summed E-state index contributed by atoms with van der Waals surface area (Å²) in [7, 11) is 0. The average Bonchev–Trinajstić information content (AvgIpc) is 2.40. The summed E-state index contributed by atoms with van der Waals surface area (Å²) in [6.45, 7) is 6.79. The van der Waals surface area contributed by atoms with E-state index in [1.165, 1.54) is 0 Å². The van der Waals surface area contributed by atoms with E-state index in [-0.39, 0.29) is 0 Å². The van der Waals surface area contributed by atoms with Crippen LogP contribution in [0.1, 0.15) is 6.92 Å². The lowest BCUT2D eigenvalue weighted by Crippen LogP contribution is -2.31. The summed E-state index contributed by atoms with van der Waals surface area (Å²) in [5.74, 6) is 0. The number of nitrogens with zero attached hydrogens (tertiary/aromatic N) is 1. The Bertz CT molecular complexity index is 491. The molecular formula is C16H18N2. The highest BCUT2D eigenvalue weighted by molar-refractivity contribution is 5.55. The van der Waals surface area contributed by atoms with Crippen LogP contribution in [0.25, 0.3) is 0 Å². The molecule has 2 aromatic rings. The molecule has 18 heavy (non-hydrogen) atoms. The summed E-state index contributed by atoms with van der Waals surface area (Å²) in [6.07, 6.45) is 0. The van der Waals surface area contributed by atoms with Gasteiger partial charge in [0, 0.05) is 0 Å². The van der Waals surface area contributed by atoms with Crippen molar-refractivity contribution in [3.05, 3.63) is 72.8 Å². The number of hydrazine groups is 1. The summed E-state index contributed by atoms with van der Waals surface area (Å²) >= 11 is 0. The maximum atomic E-state index is 3.98. The molecule has 0 atom stereocenters. The van der Waals surface area contributed by atoms with Crippen molar-refractivity contribution in [2.45, 2.75) is 6.92 Å². The van der Waals surface area contributed by atoms with E-state index in [0.29, 0.717) is 0 Å². The molecule has 0 heterocycles. The first-order valence-electron chi connectivity index (χ1n) is 6.04. The molecule has 0 bridgehead atoms. The van der Waals surface area contributed by atoms with Gasteiger partial charge in [0.25, 0.3) is 0 Å². The third-order valence-corrected chi connectivity index (χ3v) is 2.53. The molecule has 0 aliphatic carbocycles. The summed E-state index contributed by atoms with van der Waals surface area (Å²) < 4.78 is 0. The zero-order chi connectivity index (χ0) is 12.8. The molecule has 0 aliphatic heterocycles. The van der Waals surface area contributed by atoms with Crippen LogP contribution in [-0.2, 0) is 0 Å². The number of para-hydroxylation sites is 2. The van der Waals surface area contributed by atoms with Crippen molar-refractivity contribution >= 4 is 11.4 Å². The Balaban J connectivity index is 2.18. The zero-order valence-corrected chi connectivity index (χ0v) is 10.6. The van der Waals surface area contributed by atoms with Crippen LogP contribution in [0.4, 0.5) is 11.4 Å². The lowest BCUT2D eigenvalue weighted by Gasteiger charge is -2.26. The number of hydrogen-bond acceptors (Lipinski definition) is 2. The molecule has 0 aliphatic rings. The molecule has 0 spiro atoms. The van der Waals surface area contributed by atoms with Gasteiger partial charge in [-0.25, -0.2) is 0 Å². The number of rotatable bonds is 5. The minimum atomic E-state index is 0.777. The molecule has 0 unspecified atom stereocenters. The monoisotopic (exact) mass is 238 g/mol. The van der Waals surface area contributed by atoms with Crippen LogP contribution < -0.4 is 10.4 Å². The van der Waals surface area contributed by atoms with Crippen LogP contribution in [0.3, 0.4) is 0 Å². The SMILES string of the molecule is C=C(C)CN(Nc1ccccc1)c1ccccc1. The van der Waals surface area contributed by atoms with E-state index in [2.05, 4.69) is 29.1 Å². The summed E-state index contributed by atoms with van der Waals surface area (Å²) in [5, 5.41) is 2.09. The first-order chi connectivity index (χ1) is 8.75. The zero-order valence-electron chi connectivity index (χ0n) is 10.6. The highest BCUT2D eigenvalue weighted by Crippen LogP contribution is 2.16. The Labute approximate surface area is 109 Å². The standard InChI is InChI=1S/C16H18N2/c1-14(2)13-18(16-11-7-4-8-12-16)17-15-9-5-3-6-10-15/h3-12,17H,1,13H2,2H3. The van der Waals surface area contributed by atoms with Crippen molar-refractivity contribution in [1.82, 2.24) is 0 Å². The Hall–Kier alpha value is -2.22. The molecular weight excluding hydrogens is 220 g/mol. The number of anilines is 2. The van der Waals surface area contributed by atoms with Crippen LogP contribution in [0.5, 0.6) is 0 Å². The van der Waals surface area contributed by atoms with Gasteiger partial charge in [0.15, 0.2) is 0 Å². The minimum Gasteiger partial charge on any atom is -0.298 e. The number of benzene rings is 2. The Morgan fingerprint density at radius 1 is 1.00 bits per heavy atom. The number of nitrogens with one attached hydrogen (secondary N) is 1. The molecule has 0 saturated heterocycles. The van der Waals surface area contributed by atoms with Crippen LogP contribution >= 0.6 is 0 Å². The molecule has 2 heteroatoms. The fraction of sp³-hybridized carbons (Fsp3) is 0.125. The largest absolute Gasteiger partial charge is 0.298 e. The van der Waals surface area contributed by atoms with Crippen LogP contribution in [0, 0.1) is 0 Å². The van der Waals surface area contributed by atoms with E-state index < -0.39 is 0 Å². The van der Waals surface area contributed by atoms with E-state index in [1.54, 1.807) is 0 Å². The van der Waals surface area contributed by atoms with E-state index >= 15 is 0 Å². The maximum Gasteiger partial charge on any atom is 0.0599 e. The van der Waals surface area contributed by atoms with Gasteiger partial charge in [0.2, 0.25) is 0 Å². The Morgan fingerprint density at radius 2 is 1.56 bits per heavy atom. The van der Waals surface area contributed by atoms with Gasteiger partial charge in [0.1, 0.15) is 0 Å². The second-order valence-electron chi connectivity index (χ2n) is 4.36.